The highest BCUT2D eigenvalue weighted by molar-refractivity contribution is 7.92. The number of rotatable bonds is 6. The Kier molecular flexibility index (Phi) is 6.88. The molecule has 2 amide bonds. The van der Waals surface area contributed by atoms with Crippen molar-refractivity contribution >= 4 is 33.1 Å². The summed E-state index contributed by atoms with van der Waals surface area (Å²) in [5, 5.41) is 5.41. The summed E-state index contributed by atoms with van der Waals surface area (Å²) in [6, 6.07) is 16.7. The van der Waals surface area contributed by atoms with E-state index in [9.17, 15) is 26.4 Å². The standard InChI is InChI=1S/C24H22F3N5O3S/c1-17-14-32(20-7-9-21(10-8-20)36(34,35)24(25,26)27)16-31(17)15-18-11-12-28-22(13-18)30-23(33)29-19-5-3-2-4-6-19/h2-14H,15-16H2,1H3,(H2,28,29,30,33). The predicted molar refractivity (Wildman–Crippen MR) is 130 cm³/mol. The van der Waals surface area contributed by atoms with Gasteiger partial charge in [-0.05, 0) is 61.0 Å². The molecule has 0 unspecified atom stereocenters. The van der Waals surface area contributed by atoms with Crippen molar-refractivity contribution in [3.8, 4) is 0 Å². The number of aromatic nitrogens is 1. The van der Waals surface area contributed by atoms with E-state index in [2.05, 4.69) is 15.6 Å². The zero-order valence-corrected chi connectivity index (χ0v) is 19.8. The third kappa shape index (κ3) is 5.60. The Labute approximate surface area is 206 Å². The molecule has 2 aromatic carbocycles. The number of halogens is 3. The minimum Gasteiger partial charge on any atom is -0.351 e. The smallest absolute Gasteiger partial charge is 0.351 e. The topological polar surface area (TPSA) is 94.6 Å². The van der Waals surface area contributed by atoms with Gasteiger partial charge in [0.15, 0.2) is 0 Å². The molecule has 1 aromatic heterocycles. The van der Waals surface area contributed by atoms with Gasteiger partial charge in [-0.2, -0.15) is 13.2 Å². The molecule has 0 saturated heterocycles. The minimum absolute atomic E-state index is 0.375. The van der Waals surface area contributed by atoms with E-state index in [0.717, 1.165) is 23.4 Å². The average Bonchev–Trinajstić information content (AvgIpc) is 3.19. The zero-order valence-electron chi connectivity index (χ0n) is 19.0. The van der Waals surface area contributed by atoms with Crippen LogP contribution < -0.4 is 15.5 Å². The SMILES string of the molecule is CC1=CN(c2ccc(S(=O)(=O)C(F)(F)F)cc2)CN1Cc1ccnc(NC(=O)Nc2ccccc2)c1. The number of sulfone groups is 1. The summed E-state index contributed by atoms with van der Waals surface area (Å²) in [5.74, 6) is 0.375. The molecule has 0 fully saturated rings. The molecule has 8 nitrogen and oxygen atoms in total. The number of amides is 2. The Morgan fingerprint density at radius 1 is 1.03 bits per heavy atom. The molecule has 36 heavy (non-hydrogen) atoms. The number of nitrogens with one attached hydrogen (secondary N) is 2. The molecule has 0 aliphatic carbocycles. The van der Waals surface area contributed by atoms with Gasteiger partial charge in [-0.1, -0.05) is 18.2 Å². The molecule has 0 bridgehead atoms. The molecule has 0 atom stereocenters. The predicted octanol–water partition coefficient (Wildman–Crippen LogP) is 5.16. The molecule has 4 rings (SSSR count). The fraction of sp³-hybridized carbons (Fsp3) is 0.167. The quantitative estimate of drug-likeness (QED) is 0.469. The van der Waals surface area contributed by atoms with Crippen LogP contribution in [0.1, 0.15) is 12.5 Å². The third-order valence-electron chi connectivity index (χ3n) is 5.42. The second kappa shape index (κ2) is 9.90. The summed E-state index contributed by atoms with van der Waals surface area (Å²) in [6.45, 7) is 2.77. The lowest BCUT2D eigenvalue weighted by atomic mass is 10.2. The van der Waals surface area contributed by atoms with Gasteiger partial charge in [0, 0.05) is 36.0 Å². The van der Waals surface area contributed by atoms with Crippen LogP contribution in [0.15, 0.2) is 89.7 Å². The van der Waals surface area contributed by atoms with Gasteiger partial charge in [0.05, 0.1) is 11.6 Å². The van der Waals surface area contributed by atoms with Crippen molar-refractivity contribution in [2.24, 2.45) is 0 Å². The van der Waals surface area contributed by atoms with E-state index >= 15 is 0 Å². The monoisotopic (exact) mass is 517 g/mol. The summed E-state index contributed by atoms with van der Waals surface area (Å²) >= 11 is 0. The minimum atomic E-state index is -5.39. The van der Waals surface area contributed by atoms with E-state index in [4.69, 9.17) is 0 Å². The maximum Gasteiger partial charge on any atom is 0.501 e. The Morgan fingerprint density at radius 3 is 2.39 bits per heavy atom. The molecule has 0 saturated carbocycles. The first-order valence-electron chi connectivity index (χ1n) is 10.7. The van der Waals surface area contributed by atoms with E-state index < -0.39 is 26.3 Å². The molecular weight excluding hydrogens is 495 g/mol. The van der Waals surface area contributed by atoms with Gasteiger partial charge in [-0.15, -0.1) is 0 Å². The number of hydrogen-bond donors (Lipinski definition) is 2. The normalized spacial score (nSPS) is 13.9. The second-order valence-corrected chi connectivity index (χ2v) is 9.96. The van der Waals surface area contributed by atoms with E-state index in [1.54, 1.807) is 29.3 Å². The van der Waals surface area contributed by atoms with Crippen molar-refractivity contribution in [2.75, 3.05) is 22.2 Å². The molecule has 2 heterocycles. The fourth-order valence-electron chi connectivity index (χ4n) is 3.59. The number of allylic oxidation sites excluding steroid dienone is 1. The van der Waals surface area contributed by atoms with E-state index in [-0.39, 0.29) is 0 Å². The number of urea groups is 1. The van der Waals surface area contributed by atoms with Crippen molar-refractivity contribution in [3.63, 3.8) is 0 Å². The molecule has 188 valence electrons. The average molecular weight is 518 g/mol. The third-order valence-corrected chi connectivity index (χ3v) is 6.92. The molecular formula is C24H22F3N5O3S. The molecule has 0 spiro atoms. The van der Waals surface area contributed by atoms with Gasteiger partial charge < -0.3 is 15.1 Å². The number of pyridine rings is 1. The Bertz CT molecular complexity index is 1380. The summed E-state index contributed by atoms with van der Waals surface area (Å²) in [5.41, 5.74) is -2.38. The van der Waals surface area contributed by atoms with Gasteiger partial charge in [0.1, 0.15) is 5.82 Å². The van der Waals surface area contributed by atoms with Crippen LogP contribution in [-0.2, 0) is 16.4 Å². The fourth-order valence-corrected chi connectivity index (χ4v) is 4.35. The molecule has 0 radical (unpaired) electrons. The van der Waals surface area contributed by atoms with Crippen LogP contribution in [-0.4, -0.2) is 36.5 Å². The molecule has 3 aromatic rings. The maximum absolute atomic E-state index is 12.8. The van der Waals surface area contributed by atoms with Crippen molar-refractivity contribution < 1.29 is 26.4 Å². The first-order valence-corrected chi connectivity index (χ1v) is 12.2. The van der Waals surface area contributed by atoms with E-state index in [0.29, 0.717) is 30.4 Å². The Morgan fingerprint density at radius 2 is 1.72 bits per heavy atom. The lowest BCUT2D eigenvalue weighted by molar-refractivity contribution is -0.0436. The van der Waals surface area contributed by atoms with Gasteiger partial charge in [-0.25, -0.2) is 18.2 Å². The molecule has 1 aliphatic heterocycles. The number of carbonyl (C=O) groups is 1. The van der Waals surface area contributed by atoms with Crippen LogP contribution in [0.4, 0.5) is 35.2 Å². The Balaban J connectivity index is 1.39. The first-order chi connectivity index (χ1) is 17.0. The number of carbonyl (C=O) groups excluding carboxylic acids is 1. The highest BCUT2D eigenvalue weighted by atomic mass is 32.2. The lowest BCUT2D eigenvalue weighted by Gasteiger charge is -2.23. The van der Waals surface area contributed by atoms with Crippen LogP contribution in [0.5, 0.6) is 0 Å². The number of alkyl halides is 3. The maximum atomic E-state index is 12.8. The number of nitrogens with zero attached hydrogens (tertiary/aromatic N) is 3. The van der Waals surface area contributed by atoms with Crippen LogP contribution >= 0.6 is 0 Å². The molecule has 2 N–H and O–H groups in total. The van der Waals surface area contributed by atoms with Gasteiger partial charge >= 0.3 is 11.5 Å². The molecule has 12 heteroatoms. The highest BCUT2D eigenvalue weighted by Crippen LogP contribution is 2.32. The first kappa shape index (κ1) is 25.0. The van der Waals surface area contributed by atoms with Crippen molar-refractivity contribution in [1.82, 2.24) is 9.88 Å². The van der Waals surface area contributed by atoms with Crippen LogP contribution in [0.25, 0.3) is 0 Å². The summed E-state index contributed by atoms with van der Waals surface area (Å²) < 4.78 is 61.5. The van der Waals surface area contributed by atoms with Gasteiger partial charge in [0.25, 0.3) is 9.84 Å². The van der Waals surface area contributed by atoms with Crippen LogP contribution in [0.3, 0.4) is 0 Å². The van der Waals surface area contributed by atoms with Gasteiger partial charge in [0.2, 0.25) is 0 Å². The second-order valence-electron chi connectivity index (χ2n) is 8.02. The summed E-state index contributed by atoms with van der Waals surface area (Å²) in [4.78, 5) is 19.4. The summed E-state index contributed by atoms with van der Waals surface area (Å²) in [7, 11) is -5.39. The van der Waals surface area contributed by atoms with Crippen LogP contribution in [0.2, 0.25) is 0 Å². The van der Waals surface area contributed by atoms with E-state index in [1.807, 2.05) is 42.3 Å². The van der Waals surface area contributed by atoms with Crippen molar-refractivity contribution in [3.05, 3.63) is 90.4 Å². The Hall–Kier alpha value is -4.06. The van der Waals surface area contributed by atoms with Gasteiger partial charge in [-0.3, -0.25) is 5.32 Å². The largest absolute Gasteiger partial charge is 0.501 e. The van der Waals surface area contributed by atoms with Crippen molar-refractivity contribution in [1.29, 1.82) is 0 Å². The summed E-state index contributed by atoms with van der Waals surface area (Å²) in [6.07, 6.45) is 3.40. The van der Waals surface area contributed by atoms with Crippen molar-refractivity contribution in [2.45, 2.75) is 23.9 Å². The number of benzene rings is 2. The highest BCUT2D eigenvalue weighted by Gasteiger charge is 2.46. The zero-order chi connectivity index (χ0) is 25.9. The van der Waals surface area contributed by atoms with Crippen LogP contribution in [0, 0.1) is 0 Å². The lowest BCUT2D eigenvalue weighted by Crippen LogP contribution is -2.26. The number of para-hydroxylation sites is 1. The number of hydrogen-bond acceptors (Lipinski definition) is 6. The van der Waals surface area contributed by atoms with E-state index in [1.165, 1.54) is 12.1 Å². The molecule has 1 aliphatic rings. The number of anilines is 3.